The highest BCUT2D eigenvalue weighted by Gasteiger charge is 2.28. The molecule has 16 heavy (non-hydrogen) atoms. The van der Waals surface area contributed by atoms with E-state index in [1.807, 2.05) is 0 Å². The summed E-state index contributed by atoms with van der Waals surface area (Å²) >= 11 is 0. The average molecular weight is 225 g/mol. The smallest absolute Gasteiger partial charge is 0.405 e. The van der Waals surface area contributed by atoms with Crippen LogP contribution in [-0.2, 0) is 6.42 Å². The normalized spacial score (nSPS) is 18.0. The predicted molar refractivity (Wildman–Crippen MR) is 55.2 cm³/mol. The molecule has 1 amide bonds. The zero-order valence-electron chi connectivity index (χ0n) is 8.79. The maximum absolute atomic E-state index is 13.2. The van der Waals surface area contributed by atoms with Crippen molar-refractivity contribution in [2.75, 3.05) is 7.11 Å². The Balaban J connectivity index is 2.40. The van der Waals surface area contributed by atoms with E-state index < -0.39 is 6.09 Å². The molecular formula is C11H12FNO3. The highest BCUT2D eigenvalue weighted by molar-refractivity contribution is 5.66. The van der Waals surface area contributed by atoms with E-state index in [4.69, 9.17) is 9.84 Å². The lowest BCUT2D eigenvalue weighted by molar-refractivity contribution is 0.189. The molecule has 0 bridgehead atoms. The second-order valence-corrected chi connectivity index (χ2v) is 3.72. The van der Waals surface area contributed by atoms with E-state index in [9.17, 15) is 9.18 Å². The molecule has 1 aliphatic carbocycles. The zero-order chi connectivity index (χ0) is 11.7. The Labute approximate surface area is 92.0 Å². The molecule has 1 aliphatic rings. The monoisotopic (exact) mass is 225 g/mol. The molecule has 0 aromatic heterocycles. The van der Waals surface area contributed by atoms with Crippen LogP contribution in [0.25, 0.3) is 0 Å². The third-order valence-corrected chi connectivity index (χ3v) is 2.76. The third-order valence-electron chi connectivity index (χ3n) is 2.76. The summed E-state index contributed by atoms with van der Waals surface area (Å²) in [6.07, 6.45) is 0.222. The molecule has 86 valence electrons. The van der Waals surface area contributed by atoms with Crippen molar-refractivity contribution in [3.05, 3.63) is 29.1 Å². The number of hydrogen-bond acceptors (Lipinski definition) is 2. The van der Waals surface area contributed by atoms with Gasteiger partial charge in [-0.15, -0.1) is 0 Å². The fraction of sp³-hybridized carbons (Fsp3) is 0.364. The van der Waals surface area contributed by atoms with Crippen molar-refractivity contribution in [1.82, 2.24) is 5.32 Å². The molecule has 1 aromatic rings. The van der Waals surface area contributed by atoms with Crippen LogP contribution in [0.4, 0.5) is 9.18 Å². The quantitative estimate of drug-likeness (QED) is 0.810. The van der Waals surface area contributed by atoms with Gasteiger partial charge in [0.05, 0.1) is 13.2 Å². The minimum atomic E-state index is -1.08. The number of methoxy groups -OCH3 is 1. The zero-order valence-corrected chi connectivity index (χ0v) is 8.79. The van der Waals surface area contributed by atoms with Gasteiger partial charge < -0.3 is 15.2 Å². The number of ether oxygens (including phenoxy) is 1. The predicted octanol–water partition coefficient (Wildman–Crippen LogP) is 2.09. The molecule has 2 N–H and O–H groups in total. The maximum atomic E-state index is 13.2. The van der Waals surface area contributed by atoms with Crippen molar-refractivity contribution in [3.8, 4) is 5.75 Å². The van der Waals surface area contributed by atoms with Crippen LogP contribution < -0.4 is 10.1 Å². The van der Waals surface area contributed by atoms with Gasteiger partial charge in [-0.1, -0.05) is 0 Å². The Kier molecular flexibility index (Phi) is 2.68. The van der Waals surface area contributed by atoms with Gasteiger partial charge in [-0.25, -0.2) is 9.18 Å². The summed E-state index contributed by atoms with van der Waals surface area (Å²) in [6, 6.07) is 2.41. The highest BCUT2D eigenvalue weighted by atomic mass is 19.1. The largest absolute Gasteiger partial charge is 0.496 e. The van der Waals surface area contributed by atoms with Crippen molar-refractivity contribution in [1.29, 1.82) is 0 Å². The molecule has 0 saturated heterocycles. The molecule has 0 fully saturated rings. The van der Waals surface area contributed by atoms with Crippen LogP contribution in [0.2, 0.25) is 0 Å². The van der Waals surface area contributed by atoms with E-state index in [0.29, 0.717) is 18.6 Å². The maximum Gasteiger partial charge on any atom is 0.405 e. The SMILES string of the molecule is COc1cc(F)cc2c1C(NC(=O)O)CC2. The molecular weight excluding hydrogens is 213 g/mol. The van der Waals surface area contributed by atoms with Gasteiger partial charge >= 0.3 is 6.09 Å². The van der Waals surface area contributed by atoms with Crippen LogP contribution in [0.1, 0.15) is 23.6 Å². The molecule has 1 atom stereocenters. The third kappa shape index (κ3) is 1.80. The number of amides is 1. The van der Waals surface area contributed by atoms with Crippen molar-refractivity contribution in [2.24, 2.45) is 0 Å². The van der Waals surface area contributed by atoms with Crippen LogP contribution in [0.3, 0.4) is 0 Å². The molecule has 0 aliphatic heterocycles. The number of hydrogen-bond donors (Lipinski definition) is 2. The number of carboxylic acid groups (broad SMARTS) is 1. The second-order valence-electron chi connectivity index (χ2n) is 3.72. The lowest BCUT2D eigenvalue weighted by Gasteiger charge is -2.15. The van der Waals surface area contributed by atoms with E-state index in [1.54, 1.807) is 0 Å². The standard InChI is InChI=1S/C11H12FNO3/c1-16-9-5-7(12)4-6-2-3-8(10(6)9)13-11(14)15/h4-5,8,13H,2-3H2,1H3,(H,14,15). The molecule has 0 radical (unpaired) electrons. The lowest BCUT2D eigenvalue weighted by atomic mass is 10.1. The number of halogens is 1. The molecule has 2 rings (SSSR count). The van der Waals surface area contributed by atoms with Crippen molar-refractivity contribution in [2.45, 2.75) is 18.9 Å². The fourth-order valence-corrected chi connectivity index (χ4v) is 2.16. The van der Waals surface area contributed by atoms with E-state index in [0.717, 1.165) is 11.1 Å². The Morgan fingerprint density at radius 2 is 2.38 bits per heavy atom. The van der Waals surface area contributed by atoms with E-state index >= 15 is 0 Å². The average Bonchev–Trinajstić information content (AvgIpc) is 2.59. The molecule has 1 aromatic carbocycles. The first kappa shape index (κ1) is 10.7. The van der Waals surface area contributed by atoms with Crippen LogP contribution >= 0.6 is 0 Å². The Bertz CT molecular complexity index is 433. The Hall–Kier alpha value is -1.78. The van der Waals surface area contributed by atoms with Crippen molar-refractivity contribution < 1.29 is 19.0 Å². The minimum absolute atomic E-state index is 0.303. The van der Waals surface area contributed by atoms with Crippen LogP contribution in [0, 0.1) is 5.82 Å². The Morgan fingerprint density at radius 3 is 3.00 bits per heavy atom. The van der Waals surface area contributed by atoms with Crippen LogP contribution in [0.5, 0.6) is 5.75 Å². The van der Waals surface area contributed by atoms with Gasteiger partial charge in [-0.2, -0.15) is 0 Å². The number of aryl methyl sites for hydroxylation is 1. The first-order valence-electron chi connectivity index (χ1n) is 4.97. The summed E-state index contributed by atoms with van der Waals surface area (Å²) in [6.45, 7) is 0. The number of nitrogens with one attached hydrogen (secondary N) is 1. The number of carbonyl (C=O) groups is 1. The van der Waals surface area contributed by atoms with Gasteiger partial charge in [0.15, 0.2) is 0 Å². The lowest BCUT2D eigenvalue weighted by Crippen LogP contribution is -2.25. The molecule has 0 heterocycles. The minimum Gasteiger partial charge on any atom is -0.496 e. The van der Waals surface area contributed by atoms with Gasteiger partial charge in [-0.3, -0.25) is 0 Å². The van der Waals surface area contributed by atoms with Gasteiger partial charge in [0, 0.05) is 11.6 Å². The van der Waals surface area contributed by atoms with Crippen molar-refractivity contribution in [3.63, 3.8) is 0 Å². The summed E-state index contributed by atoms with van der Waals surface area (Å²) in [4.78, 5) is 10.6. The summed E-state index contributed by atoms with van der Waals surface area (Å²) < 4.78 is 18.3. The van der Waals surface area contributed by atoms with E-state index in [-0.39, 0.29) is 11.9 Å². The van der Waals surface area contributed by atoms with E-state index in [2.05, 4.69) is 5.32 Å². The summed E-state index contributed by atoms with van der Waals surface area (Å²) in [7, 11) is 1.45. The van der Waals surface area contributed by atoms with Gasteiger partial charge in [-0.05, 0) is 24.5 Å². The summed E-state index contributed by atoms with van der Waals surface area (Å²) in [5, 5.41) is 11.1. The number of rotatable bonds is 2. The van der Waals surface area contributed by atoms with Crippen molar-refractivity contribution >= 4 is 6.09 Å². The number of benzene rings is 1. The molecule has 0 spiro atoms. The van der Waals surface area contributed by atoms with E-state index in [1.165, 1.54) is 19.2 Å². The van der Waals surface area contributed by atoms with Gasteiger partial charge in [0.25, 0.3) is 0 Å². The second kappa shape index (κ2) is 4.00. The van der Waals surface area contributed by atoms with Gasteiger partial charge in [0.1, 0.15) is 11.6 Å². The summed E-state index contributed by atoms with van der Waals surface area (Å²) in [5.74, 6) is 0.0535. The Morgan fingerprint density at radius 1 is 1.62 bits per heavy atom. The first-order chi connectivity index (χ1) is 7.61. The van der Waals surface area contributed by atoms with Crippen LogP contribution in [-0.4, -0.2) is 18.3 Å². The van der Waals surface area contributed by atoms with Gasteiger partial charge in [0.2, 0.25) is 0 Å². The number of fused-ring (bicyclic) bond motifs is 1. The topological polar surface area (TPSA) is 58.6 Å². The highest BCUT2D eigenvalue weighted by Crippen LogP contribution is 2.38. The molecule has 5 heteroatoms. The molecule has 0 saturated carbocycles. The fourth-order valence-electron chi connectivity index (χ4n) is 2.16. The first-order valence-corrected chi connectivity index (χ1v) is 4.97. The molecule has 4 nitrogen and oxygen atoms in total. The summed E-state index contributed by atoms with van der Waals surface area (Å²) in [5.41, 5.74) is 1.57. The molecule has 1 unspecified atom stereocenters. The van der Waals surface area contributed by atoms with Crippen LogP contribution in [0.15, 0.2) is 12.1 Å².